The molecule has 2 atom stereocenters. The molecule has 20 heavy (non-hydrogen) atoms. The van der Waals surface area contributed by atoms with Crippen molar-refractivity contribution < 1.29 is 0 Å². The molecule has 0 aromatic heterocycles. The van der Waals surface area contributed by atoms with Gasteiger partial charge in [0.25, 0.3) is 0 Å². The second-order valence-electron chi connectivity index (χ2n) is 6.34. The highest BCUT2D eigenvalue weighted by atomic mass is 15.1. The molecule has 0 N–H and O–H groups in total. The Morgan fingerprint density at radius 3 is 1.60 bits per heavy atom. The predicted octanol–water partition coefficient (Wildman–Crippen LogP) is 5.91. The number of rotatable bonds is 14. The molecule has 0 aliphatic carbocycles. The molecule has 0 bridgehead atoms. The van der Waals surface area contributed by atoms with Gasteiger partial charge in [0, 0.05) is 19.6 Å². The summed E-state index contributed by atoms with van der Waals surface area (Å²) in [5.74, 6) is 1.75. The number of nitrogens with zero attached hydrogens (tertiary/aromatic N) is 1. The molecular formula is C19H39N. The lowest BCUT2D eigenvalue weighted by Gasteiger charge is -2.29. The summed E-state index contributed by atoms with van der Waals surface area (Å²) in [6.45, 7) is 16.8. The Hall–Kier alpha value is -0.300. The van der Waals surface area contributed by atoms with Gasteiger partial charge in [0.15, 0.2) is 0 Å². The topological polar surface area (TPSA) is 3.24 Å². The molecule has 0 fully saturated rings. The second kappa shape index (κ2) is 13.7. The fourth-order valence-corrected chi connectivity index (χ4v) is 2.97. The van der Waals surface area contributed by atoms with E-state index < -0.39 is 0 Å². The Morgan fingerprint density at radius 2 is 1.30 bits per heavy atom. The van der Waals surface area contributed by atoms with Crippen LogP contribution in [0, 0.1) is 11.8 Å². The molecule has 0 aromatic carbocycles. The summed E-state index contributed by atoms with van der Waals surface area (Å²) in [5.41, 5.74) is 0. The molecule has 0 aliphatic heterocycles. The molecule has 0 saturated heterocycles. The van der Waals surface area contributed by atoms with Gasteiger partial charge in [-0.3, -0.25) is 4.90 Å². The van der Waals surface area contributed by atoms with E-state index in [1.54, 1.807) is 0 Å². The SMILES string of the molecule is C=CCN(CC(CC)CCCC)CC(CC)CCCC. The van der Waals surface area contributed by atoms with E-state index in [1.807, 2.05) is 0 Å². The summed E-state index contributed by atoms with van der Waals surface area (Å²) in [4.78, 5) is 2.65. The van der Waals surface area contributed by atoms with E-state index in [0.29, 0.717) is 0 Å². The smallest absolute Gasteiger partial charge is 0.0160 e. The summed E-state index contributed by atoms with van der Waals surface area (Å²) >= 11 is 0. The highest BCUT2D eigenvalue weighted by Gasteiger charge is 2.15. The normalized spacial score (nSPS) is 14.4. The fraction of sp³-hybridized carbons (Fsp3) is 0.895. The Kier molecular flexibility index (Phi) is 13.5. The summed E-state index contributed by atoms with van der Waals surface area (Å²) in [7, 11) is 0. The van der Waals surface area contributed by atoms with Crippen molar-refractivity contribution in [1.29, 1.82) is 0 Å². The Bertz CT molecular complexity index is 194. The van der Waals surface area contributed by atoms with Gasteiger partial charge in [-0.2, -0.15) is 0 Å². The predicted molar refractivity (Wildman–Crippen MR) is 93.2 cm³/mol. The van der Waals surface area contributed by atoms with Crippen molar-refractivity contribution in [3.8, 4) is 0 Å². The molecule has 120 valence electrons. The summed E-state index contributed by atoms with van der Waals surface area (Å²) in [6, 6.07) is 0. The summed E-state index contributed by atoms with van der Waals surface area (Å²) in [6.07, 6.45) is 12.9. The molecule has 0 amide bonds. The molecule has 0 saturated carbocycles. The summed E-state index contributed by atoms with van der Waals surface area (Å²) in [5, 5.41) is 0. The van der Waals surface area contributed by atoms with Crippen LogP contribution in [0.2, 0.25) is 0 Å². The van der Waals surface area contributed by atoms with Crippen molar-refractivity contribution in [1.82, 2.24) is 4.90 Å². The first kappa shape index (κ1) is 19.7. The zero-order chi connectivity index (χ0) is 15.2. The second-order valence-corrected chi connectivity index (χ2v) is 6.34. The van der Waals surface area contributed by atoms with E-state index in [9.17, 15) is 0 Å². The van der Waals surface area contributed by atoms with Crippen molar-refractivity contribution >= 4 is 0 Å². The van der Waals surface area contributed by atoms with Gasteiger partial charge in [-0.25, -0.2) is 0 Å². The molecule has 0 spiro atoms. The quantitative estimate of drug-likeness (QED) is 0.358. The molecule has 0 aliphatic rings. The Morgan fingerprint density at radius 1 is 0.850 bits per heavy atom. The largest absolute Gasteiger partial charge is 0.299 e. The van der Waals surface area contributed by atoms with Crippen LogP contribution in [-0.2, 0) is 0 Å². The molecular weight excluding hydrogens is 242 g/mol. The lowest BCUT2D eigenvalue weighted by molar-refractivity contribution is 0.197. The van der Waals surface area contributed by atoms with Gasteiger partial charge in [-0.15, -0.1) is 6.58 Å². The van der Waals surface area contributed by atoms with Crippen molar-refractivity contribution in [3.05, 3.63) is 12.7 Å². The van der Waals surface area contributed by atoms with Gasteiger partial charge in [-0.05, 0) is 24.7 Å². The van der Waals surface area contributed by atoms with Crippen LogP contribution < -0.4 is 0 Å². The first-order chi connectivity index (χ1) is 9.71. The summed E-state index contributed by atoms with van der Waals surface area (Å²) < 4.78 is 0. The van der Waals surface area contributed by atoms with Gasteiger partial charge < -0.3 is 0 Å². The average Bonchev–Trinajstić information content (AvgIpc) is 2.47. The Labute approximate surface area is 128 Å². The molecule has 1 heteroatoms. The van der Waals surface area contributed by atoms with Crippen molar-refractivity contribution in [2.45, 2.75) is 79.1 Å². The monoisotopic (exact) mass is 281 g/mol. The van der Waals surface area contributed by atoms with Crippen LogP contribution in [-0.4, -0.2) is 24.5 Å². The fourth-order valence-electron chi connectivity index (χ4n) is 2.97. The van der Waals surface area contributed by atoms with Gasteiger partial charge in [0.05, 0.1) is 0 Å². The first-order valence-electron chi connectivity index (χ1n) is 9.04. The van der Waals surface area contributed by atoms with E-state index in [1.165, 1.54) is 64.5 Å². The van der Waals surface area contributed by atoms with Crippen LogP contribution in [0.4, 0.5) is 0 Å². The van der Waals surface area contributed by atoms with Gasteiger partial charge in [0.1, 0.15) is 0 Å². The van der Waals surface area contributed by atoms with Crippen LogP contribution in [0.3, 0.4) is 0 Å². The molecule has 0 aromatic rings. The van der Waals surface area contributed by atoms with E-state index in [4.69, 9.17) is 0 Å². The molecule has 0 heterocycles. The van der Waals surface area contributed by atoms with Gasteiger partial charge in [0.2, 0.25) is 0 Å². The maximum Gasteiger partial charge on any atom is 0.0160 e. The number of hydrogen-bond acceptors (Lipinski definition) is 1. The maximum atomic E-state index is 3.95. The molecule has 1 nitrogen and oxygen atoms in total. The average molecular weight is 282 g/mol. The van der Waals surface area contributed by atoms with E-state index >= 15 is 0 Å². The first-order valence-corrected chi connectivity index (χ1v) is 9.04. The standard InChI is InChI=1S/C19H39N/c1-6-11-13-18(9-4)16-20(15-8-3)17-19(10-5)14-12-7-2/h8,18-19H,3,6-7,9-17H2,1-2,4-5H3. The minimum Gasteiger partial charge on any atom is -0.299 e. The van der Waals surface area contributed by atoms with Crippen molar-refractivity contribution in [2.75, 3.05) is 19.6 Å². The van der Waals surface area contributed by atoms with E-state index in [0.717, 1.165) is 18.4 Å². The van der Waals surface area contributed by atoms with E-state index in [-0.39, 0.29) is 0 Å². The third kappa shape index (κ3) is 9.58. The molecule has 0 rings (SSSR count). The third-order valence-electron chi connectivity index (χ3n) is 4.51. The lowest BCUT2D eigenvalue weighted by atomic mass is 9.96. The lowest BCUT2D eigenvalue weighted by Crippen LogP contribution is -2.34. The zero-order valence-corrected chi connectivity index (χ0v) is 14.7. The van der Waals surface area contributed by atoms with Gasteiger partial charge in [-0.1, -0.05) is 72.3 Å². The Balaban J connectivity index is 4.32. The highest BCUT2D eigenvalue weighted by Crippen LogP contribution is 2.18. The van der Waals surface area contributed by atoms with Crippen molar-refractivity contribution in [2.24, 2.45) is 11.8 Å². The molecule has 2 unspecified atom stereocenters. The van der Waals surface area contributed by atoms with Crippen LogP contribution in [0.5, 0.6) is 0 Å². The minimum atomic E-state index is 0.874. The van der Waals surface area contributed by atoms with Gasteiger partial charge >= 0.3 is 0 Å². The van der Waals surface area contributed by atoms with Crippen LogP contribution in [0.15, 0.2) is 12.7 Å². The minimum absolute atomic E-state index is 0.874. The highest BCUT2D eigenvalue weighted by molar-refractivity contribution is 4.77. The van der Waals surface area contributed by atoms with E-state index in [2.05, 4.69) is 45.2 Å². The number of unbranched alkanes of at least 4 members (excludes halogenated alkanes) is 2. The van der Waals surface area contributed by atoms with Crippen LogP contribution in [0.1, 0.15) is 79.1 Å². The van der Waals surface area contributed by atoms with Crippen LogP contribution in [0.25, 0.3) is 0 Å². The van der Waals surface area contributed by atoms with Crippen LogP contribution >= 0.6 is 0 Å². The molecule has 0 radical (unpaired) electrons. The zero-order valence-electron chi connectivity index (χ0n) is 14.7. The van der Waals surface area contributed by atoms with Crippen molar-refractivity contribution in [3.63, 3.8) is 0 Å². The maximum absolute atomic E-state index is 3.95. The number of hydrogen-bond donors (Lipinski definition) is 0. The third-order valence-corrected chi connectivity index (χ3v) is 4.51.